The Kier molecular flexibility index (Phi) is 2.55. The van der Waals surface area contributed by atoms with Crippen molar-refractivity contribution in [2.45, 2.75) is 46.1 Å². The molecule has 4 heteroatoms. The first-order valence-corrected chi connectivity index (χ1v) is 6.54. The largest absolute Gasteiger partial charge is 0.284 e. The van der Waals surface area contributed by atoms with Crippen molar-refractivity contribution in [3.05, 3.63) is 28.7 Å². The number of aromatic nitrogens is 3. The van der Waals surface area contributed by atoms with Crippen molar-refractivity contribution in [2.75, 3.05) is 0 Å². The molecule has 2 aromatic rings. The number of rotatable bonds is 0. The topological polar surface area (TPSA) is 45.0 Å². The summed E-state index contributed by atoms with van der Waals surface area (Å²) in [6.07, 6.45) is 4.65. The fourth-order valence-corrected chi connectivity index (χ4v) is 2.85. The van der Waals surface area contributed by atoms with Gasteiger partial charge in [0.1, 0.15) is 17.3 Å². The maximum absolute atomic E-state index is 9.39. The van der Waals surface area contributed by atoms with Crippen LogP contribution >= 0.6 is 0 Å². The van der Waals surface area contributed by atoms with E-state index in [0.29, 0.717) is 0 Å². The Balaban J connectivity index is 2.40. The second-order valence-corrected chi connectivity index (χ2v) is 5.07. The molecule has 0 spiro atoms. The van der Waals surface area contributed by atoms with Gasteiger partial charge in [0.25, 0.3) is 11.5 Å². The van der Waals surface area contributed by atoms with Gasteiger partial charge in [0.2, 0.25) is 0 Å². The molecule has 0 bridgehead atoms. The summed E-state index contributed by atoms with van der Waals surface area (Å²) in [5.41, 5.74) is 3.89. The molecule has 18 heavy (non-hydrogen) atoms. The first kappa shape index (κ1) is 11.2. The molecule has 3 rings (SSSR count). The lowest BCUT2D eigenvalue weighted by Crippen LogP contribution is -2.37. The van der Waals surface area contributed by atoms with E-state index in [1.54, 1.807) is 0 Å². The Bertz CT molecular complexity index is 661. The van der Waals surface area contributed by atoms with Gasteiger partial charge in [0, 0.05) is 11.5 Å². The van der Waals surface area contributed by atoms with E-state index in [1.807, 2.05) is 24.4 Å². The van der Waals surface area contributed by atoms with E-state index >= 15 is 0 Å². The smallest absolute Gasteiger partial charge is 0.227 e. The summed E-state index contributed by atoms with van der Waals surface area (Å²) < 4.78 is 4.18. The molecule has 0 radical (unpaired) electrons. The molecule has 0 aliphatic carbocycles. The minimum Gasteiger partial charge on any atom is -0.227 e. The number of aryl methyl sites for hydroxylation is 4. The molecule has 0 aromatic carbocycles. The summed E-state index contributed by atoms with van der Waals surface area (Å²) in [6.45, 7) is 5.03. The van der Waals surface area contributed by atoms with E-state index in [4.69, 9.17) is 5.10 Å². The van der Waals surface area contributed by atoms with Gasteiger partial charge in [0.15, 0.2) is 0 Å². The monoisotopic (exact) mass is 241 g/mol. The van der Waals surface area contributed by atoms with Crippen LogP contribution < -0.4 is 4.57 Å². The number of pyridine rings is 1. The quantitative estimate of drug-likeness (QED) is 0.661. The zero-order valence-electron chi connectivity index (χ0n) is 10.9. The highest BCUT2D eigenvalue weighted by molar-refractivity contribution is 5.56. The van der Waals surface area contributed by atoms with Crippen molar-refractivity contribution in [2.24, 2.45) is 0 Å². The predicted molar refractivity (Wildman–Crippen MR) is 67.1 cm³/mol. The number of hydrogen-bond acceptors (Lipinski definition) is 2. The van der Waals surface area contributed by atoms with Gasteiger partial charge in [-0.2, -0.15) is 5.26 Å². The number of hydrogen-bond donors (Lipinski definition) is 0. The van der Waals surface area contributed by atoms with Gasteiger partial charge in [-0.05, 0) is 44.7 Å². The lowest BCUT2D eigenvalue weighted by Gasteiger charge is -2.01. The molecule has 0 unspecified atom stereocenters. The standard InChI is InChI=1S/C14H17N4/c1-10-8-11(2)18-14(12(10)9-15)17-7-5-3-4-6-13(17)16-18/h8H,3-7H2,1-2H3/q+1. The maximum atomic E-state index is 9.39. The highest BCUT2D eigenvalue weighted by Gasteiger charge is 2.26. The molecule has 0 N–H and O–H groups in total. The van der Waals surface area contributed by atoms with Gasteiger partial charge < -0.3 is 0 Å². The van der Waals surface area contributed by atoms with E-state index in [2.05, 4.69) is 10.6 Å². The number of fused-ring (bicyclic) bond motifs is 3. The lowest BCUT2D eigenvalue weighted by molar-refractivity contribution is -0.678. The van der Waals surface area contributed by atoms with Gasteiger partial charge in [-0.1, -0.05) is 4.52 Å². The first-order valence-electron chi connectivity index (χ1n) is 6.54. The molecule has 4 nitrogen and oxygen atoms in total. The normalized spacial score (nSPS) is 15.2. The zero-order valence-corrected chi connectivity index (χ0v) is 10.9. The predicted octanol–water partition coefficient (Wildman–Crippen LogP) is 1.84. The fraction of sp³-hybridized carbons (Fsp3) is 0.500. The Morgan fingerprint density at radius 1 is 1.33 bits per heavy atom. The first-order chi connectivity index (χ1) is 8.72. The van der Waals surface area contributed by atoms with Crippen LogP contribution in [-0.2, 0) is 13.0 Å². The van der Waals surface area contributed by atoms with Crippen molar-refractivity contribution < 1.29 is 4.57 Å². The van der Waals surface area contributed by atoms with Crippen LogP contribution in [0, 0.1) is 25.2 Å². The van der Waals surface area contributed by atoms with Crippen LogP contribution in [0.3, 0.4) is 0 Å². The Hall–Kier alpha value is -1.89. The molecule has 0 fully saturated rings. The summed E-state index contributed by atoms with van der Waals surface area (Å²) in [5.74, 6) is 1.12. The third kappa shape index (κ3) is 1.51. The molecule has 2 aromatic heterocycles. The summed E-state index contributed by atoms with van der Waals surface area (Å²) in [5, 5.41) is 14.1. The van der Waals surface area contributed by atoms with E-state index in [-0.39, 0.29) is 0 Å². The van der Waals surface area contributed by atoms with Crippen molar-refractivity contribution in [3.63, 3.8) is 0 Å². The third-order valence-electron chi connectivity index (χ3n) is 3.75. The Labute approximate surface area is 106 Å². The van der Waals surface area contributed by atoms with Crippen LogP contribution in [0.2, 0.25) is 0 Å². The van der Waals surface area contributed by atoms with Crippen LogP contribution in [0.25, 0.3) is 5.65 Å². The minimum absolute atomic E-state index is 0.765. The molecule has 0 atom stereocenters. The van der Waals surface area contributed by atoms with Crippen molar-refractivity contribution in [1.29, 1.82) is 5.26 Å². The van der Waals surface area contributed by atoms with Crippen LogP contribution in [0.4, 0.5) is 0 Å². The van der Waals surface area contributed by atoms with Crippen LogP contribution in [0.5, 0.6) is 0 Å². The molecular weight excluding hydrogens is 224 g/mol. The third-order valence-corrected chi connectivity index (χ3v) is 3.75. The average Bonchev–Trinajstić information content (AvgIpc) is 2.56. The molecular formula is C14H17N4+. The molecule has 0 amide bonds. The SMILES string of the molecule is Cc1cc(C)n2nc3[n+](c2c1C#N)CCCCC3. The van der Waals surface area contributed by atoms with Crippen molar-refractivity contribution >= 4 is 5.65 Å². The molecule has 92 valence electrons. The Morgan fingerprint density at radius 3 is 2.94 bits per heavy atom. The molecule has 1 aliphatic heterocycles. The van der Waals surface area contributed by atoms with Gasteiger partial charge in [-0.3, -0.25) is 0 Å². The second kappa shape index (κ2) is 4.09. The Morgan fingerprint density at radius 2 is 2.17 bits per heavy atom. The van der Waals surface area contributed by atoms with Crippen LogP contribution in [0.1, 0.15) is 41.9 Å². The molecule has 1 aliphatic rings. The highest BCUT2D eigenvalue weighted by atomic mass is 15.3. The average molecular weight is 241 g/mol. The summed E-state index contributed by atoms with van der Waals surface area (Å²) in [7, 11) is 0. The van der Waals surface area contributed by atoms with Gasteiger partial charge >= 0.3 is 0 Å². The fourth-order valence-electron chi connectivity index (χ4n) is 2.85. The van der Waals surface area contributed by atoms with E-state index in [9.17, 15) is 5.26 Å². The molecule has 0 saturated carbocycles. The van der Waals surface area contributed by atoms with E-state index in [0.717, 1.165) is 41.3 Å². The van der Waals surface area contributed by atoms with Gasteiger partial charge in [0.05, 0.1) is 6.54 Å². The maximum Gasteiger partial charge on any atom is 0.284 e. The van der Waals surface area contributed by atoms with Crippen LogP contribution in [-0.4, -0.2) is 9.61 Å². The molecule has 3 heterocycles. The molecule has 0 saturated heterocycles. The van der Waals surface area contributed by atoms with Crippen LogP contribution in [0.15, 0.2) is 6.07 Å². The highest BCUT2D eigenvalue weighted by Crippen LogP contribution is 2.17. The number of nitrogens with zero attached hydrogens (tertiary/aromatic N) is 4. The summed E-state index contributed by atoms with van der Waals surface area (Å²) in [4.78, 5) is 0. The summed E-state index contributed by atoms with van der Waals surface area (Å²) >= 11 is 0. The van der Waals surface area contributed by atoms with Crippen molar-refractivity contribution in [1.82, 2.24) is 9.61 Å². The zero-order chi connectivity index (χ0) is 12.7. The number of nitriles is 1. The van der Waals surface area contributed by atoms with E-state index in [1.165, 1.54) is 19.3 Å². The second-order valence-electron chi connectivity index (χ2n) is 5.07. The summed E-state index contributed by atoms with van der Waals surface area (Å²) in [6, 6.07) is 4.38. The van der Waals surface area contributed by atoms with Crippen molar-refractivity contribution in [3.8, 4) is 6.07 Å². The van der Waals surface area contributed by atoms with Gasteiger partial charge in [-0.25, -0.2) is 4.57 Å². The minimum atomic E-state index is 0.765. The van der Waals surface area contributed by atoms with Gasteiger partial charge in [-0.15, -0.1) is 0 Å². The van der Waals surface area contributed by atoms with E-state index < -0.39 is 0 Å². The lowest BCUT2D eigenvalue weighted by atomic mass is 10.1.